The molecule has 2 aromatic rings. The maximum absolute atomic E-state index is 11.8. The van der Waals surface area contributed by atoms with Gasteiger partial charge in [0.05, 0.1) is 5.75 Å². The standard InChI is InChI=1S/C17H19ClN4OS/c1-22(10-12-5-3-2-4-6-12)15-9-14(18)20-17(21-15)24-11-16(23)19-13-7-8-13/h2-6,9,13H,7-8,10-11H2,1H3,(H,19,23). The first-order chi connectivity index (χ1) is 11.6. The molecule has 1 amide bonds. The van der Waals surface area contributed by atoms with Crippen LogP contribution in [0.15, 0.2) is 41.6 Å². The summed E-state index contributed by atoms with van der Waals surface area (Å²) in [7, 11) is 1.96. The Kier molecular flexibility index (Phi) is 5.58. The van der Waals surface area contributed by atoms with E-state index in [0.717, 1.165) is 25.2 Å². The van der Waals surface area contributed by atoms with E-state index in [2.05, 4.69) is 27.4 Å². The van der Waals surface area contributed by atoms with Crippen LogP contribution in [0, 0.1) is 0 Å². The molecule has 0 aliphatic heterocycles. The predicted molar refractivity (Wildman–Crippen MR) is 97.5 cm³/mol. The van der Waals surface area contributed by atoms with Crippen molar-refractivity contribution in [3.8, 4) is 0 Å². The Bertz CT molecular complexity index is 709. The van der Waals surface area contributed by atoms with Gasteiger partial charge in [0.2, 0.25) is 5.91 Å². The van der Waals surface area contributed by atoms with E-state index in [-0.39, 0.29) is 5.91 Å². The van der Waals surface area contributed by atoms with Crippen LogP contribution >= 0.6 is 23.4 Å². The van der Waals surface area contributed by atoms with Crippen LogP contribution in [0.5, 0.6) is 0 Å². The Morgan fingerprint density at radius 3 is 2.79 bits per heavy atom. The van der Waals surface area contributed by atoms with Gasteiger partial charge in [0.1, 0.15) is 11.0 Å². The minimum atomic E-state index is 0.0188. The van der Waals surface area contributed by atoms with Crippen molar-refractivity contribution in [3.63, 3.8) is 0 Å². The molecule has 1 aromatic heterocycles. The topological polar surface area (TPSA) is 58.1 Å². The molecule has 1 fully saturated rings. The van der Waals surface area contributed by atoms with Crippen LogP contribution in [-0.4, -0.2) is 34.7 Å². The molecule has 0 unspecified atom stereocenters. The highest BCUT2D eigenvalue weighted by atomic mass is 35.5. The van der Waals surface area contributed by atoms with Crippen LogP contribution in [0.4, 0.5) is 5.82 Å². The second-order valence-corrected chi connectivity index (χ2v) is 7.13. The Morgan fingerprint density at radius 1 is 1.33 bits per heavy atom. The van der Waals surface area contributed by atoms with E-state index in [1.165, 1.54) is 17.3 Å². The molecule has 0 saturated heterocycles. The van der Waals surface area contributed by atoms with Crippen LogP contribution in [0.25, 0.3) is 0 Å². The molecule has 3 rings (SSSR count). The summed E-state index contributed by atoms with van der Waals surface area (Å²) in [6, 6.07) is 12.2. The third-order valence-corrected chi connectivity index (χ3v) is 4.63. The molecule has 0 spiro atoms. The van der Waals surface area contributed by atoms with Gasteiger partial charge in [-0.25, -0.2) is 9.97 Å². The van der Waals surface area contributed by atoms with Gasteiger partial charge in [-0.1, -0.05) is 53.7 Å². The first-order valence-corrected chi connectivity index (χ1v) is 9.18. The first-order valence-electron chi connectivity index (χ1n) is 7.82. The summed E-state index contributed by atoms with van der Waals surface area (Å²) in [5.41, 5.74) is 1.19. The maximum Gasteiger partial charge on any atom is 0.230 e. The number of carbonyl (C=O) groups excluding carboxylic acids is 1. The lowest BCUT2D eigenvalue weighted by atomic mass is 10.2. The van der Waals surface area contributed by atoms with E-state index in [0.29, 0.717) is 22.1 Å². The van der Waals surface area contributed by atoms with Gasteiger partial charge < -0.3 is 10.2 Å². The molecular formula is C17H19ClN4OS. The summed E-state index contributed by atoms with van der Waals surface area (Å²) < 4.78 is 0. The molecule has 126 valence electrons. The van der Waals surface area contributed by atoms with E-state index in [1.807, 2.05) is 30.1 Å². The van der Waals surface area contributed by atoms with E-state index in [9.17, 15) is 4.79 Å². The third-order valence-electron chi connectivity index (χ3n) is 3.59. The van der Waals surface area contributed by atoms with Gasteiger partial charge in [0.15, 0.2) is 5.16 Å². The number of aromatic nitrogens is 2. The molecule has 5 nitrogen and oxygen atoms in total. The zero-order chi connectivity index (χ0) is 16.9. The van der Waals surface area contributed by atoms with Crippen molar-refractivity contribution in [1.82, 2.24) is 15.3 Å². The maximum atomic E-state index is 11.8. The number of nitrogens with one attached hydrogen (secondary N) is 1. The third kappa shape index (κ3) is 5.11. The Labute approximate surface area is 150 Å². The smallest absolute Gasteiger partial charge is 0.230 e. The number of nitrogens with zero attached hydrogens (tertiary/aromatic N) is 3. The molecular weight excluding hydrogens is 344 g/mol. The van der Waals surface area contributed by atoms with Crippen molar-refractivity contribution in [2.45, 2.75) is 30.6 Å². The molecule has 1 saturated carbocycles. The van der Waals surface area contributed by atoms with E-state index < -0.39 is 0 Å². The van der Waals surface area contributed by atoms with Gasteiger partial charge in [-0.15, -0.1) is 0 Å². The van der Waals surface area contributed by atoms with E-state index in [4.69, 9.17) is 11.6 Å². The fourth-order valence-corrected chi connectivity index (χ4v) is 3.10. The first kappa shape index (κ1) is 17.0. The Hall–Kier alpha value is -1.79. The summed E-state index contributed by atoms with van der Waals surface area (Å²) in [6.07, 6.45) is 2.16. The van der Waals surface area contributed by atoms with Crippen LogP contribution in [0.1, 0.15) is 18.4 Å². The summed E-state index contributed by atoms with van der Waals surface area (Å²) >= 11 is 7.42. The van der Waals surface area contributed by atoms with Gasteiger partial charge in [-0.3, -0.25) is 4.79 Å². The Morgan fingerprint density at radius 2 is 2.08 bits per heavy atom. The molecule has 1 aliphatic carbocycles. The summed E-state index contributed by atoms with van der Waals surface area (Å²) in [5, 5.41) is 3.85. The lowest BCUT2D eigenvalue weighted by Crippen LogP contribution is -2.27. The van der Waals surface area contributed by atoms with Crippen molar-refractivity contribution in [2.24, 2.45) is 0 Å². The fraction of sp³-hybridized carbons (Fsp3) is 0.353. The minimum Gasteiger partial charge on any atom is -0.355 e. The number of hydrogen-bond acceptors (Lipinski definition) is 5. The van der Waals surface area contributed by atoms with Crippen LogP contribution < -0.4 is 10.2 Å². The Balaban J connectivity index is 1.62. The molecule has 7 heteroatoms. The number of anilines is 1. The molecule has 1 N–H and O–H groups in total. The lowest BCUT2D eigenvalue weighted by molar-refractivity contribution is -0.118. The van der Waals surface area contributed by atoms with Crippen molar-refractivity contribution < 1.29 is 4.79 Å². The molecule has 0 atom stereocenters. The monoisotopic (exact) mass is 362 g/mol. The summed E-state index contributed by atoms with van der Waals surface area (Å²) in [6.45, 7) is 0.723. The van der Waals surface area contributed by atoms with Gasteiger partial charge in [0, 0.05) is 25.7 Å². The highest BCUT2D eigenvalue weighted by Gasteiger charge is 2.23. The normalized spacial score (nSPS) is 13.6. The average Bonchev–Trinajstić information content (AvgIpc) is 3.37. The summed E-state index contributed by atoms with van der Waals surface area (Å²) in [5.74, 6) is 1.06. The quantitative estimate of drug-likeness (QED) is 0.466. The second kappa shape index (κ2) is 7.85. The predicted octanol–water partition coefficient (Wildman–Crippen LogP) is 3.14. The largest absolute Gasteiger partial charge is 0.355 e. The number of hydrogen-bond donors (Lipinski definition) is 1. The van der Waals surface area contributed by atoms with Crippen molar-refractivity contribution in [2.75, 3.05) is 17.7 Å². The van der Waals surface area contributed by atoms with E-state index in [1.54, 1.807) is 6.07 Å². The van der Waals surface area contributed by atoms with E-state index >= 15 is 0 Å². The molecule has 1 heterocycles. The number of carbonyl (C=O) groups is 1. The van der Waals surface area contributed by atoms with Crippen molar-refractivity contribution >= 4 is 35.1 Å². The minimum absolute atomic E-state index is 0.0188. The van der Waals surface area contributed by atoms with Gasteiger partial charge in [0.25, 0.3) is 0 Å². The highest BCUT2D eigenvalue weighted by molar-refractivity contribution is 7.99. The van der Waals surface area contributed by atoms with Crippen LogP contribution in [0.3, 0.4) is 0 Å². The zero-order valence-electron chi connectivity index (χ0n) is 13.4. The number of amides is 1. The molecule has 1 aromatic carbocycles. The molecule has 0 bridgehead atoms. The lowest BCUT2D eigenvalue weighted by Gasteiger charge is -2.18. The second-order valence-electron chi connectivity index (χ2n) is 5.80. The molecule has 24 heavy (non-hydrogen) atoms. The summed E-state index contributed by atoms with van der Waals surface area (Å²) in [4.78, 5) is 22.5. The van der Waals surface area contributed by atoms with Crippen molar-refractivity contribution in [1.29, 1.82) is 0 Å². The fourth-order valence-electron chi connectivity index (χ4n) is 2.21. The van der Waals surface area contributed by atoms with Gasteiger partial charge in [-0.2, -0.15) is 0 Å². The molecule has 1 aliphatic rings. The van der Waals surface area contributed by atoms with Crippen molar-refractivity contribution in [3.05, 3.63) is 47.1 Å². The van der Waals surface area contributed by atoms with Gasteiger partial charge in [-0.05, 0) is 18.4 Å². The van der Waals surface area contributed by atoms with Crippen LogP contribution in [-0.2, 0) is 11.3 Å². The molecule has 0 radical (unpaired) electrons. The number of thioether (sulfide) groups is 1. The van der Waals surface area contributed by atoms with Gasteiger partial charge >= 0.3 is 0 Å². The number of benzene rings is 1. The van der Waals surface area contributed by atoms with Crippen LogP contribution in [0.2, 0.25) is 5.15 Å². The zero-order valence-corrected chi connectivity index (χ0v) is 15.0. The number of halogens is 1. The average molecular weight is 363 g/mol. The number of rotatable bonds is 7. The highest BCUT2D eigenvalue weighted by Crippen LogP contribution is 2.23. The SMILES string of the molecule is CN(Cc1ccccc1)c1cc(Cl)nc(SCC(=O)NC2CC2)n1.